The van der Waals surface area contributed by atoms with E-state index in [-0.39, 0.29) is 43.2 Å². The Bertz CT molecular complexity index is 1680. The summed E-state index contributed by atoms with van der Waals surface area (Å²) >= 11 is 12.3. The molecule has 10 heteroatoms. The van der Waals surface area contributed by atoms with Crippen LogP contribution >= 0.6 is 23.2 Å². The minimum Gasteiger partial charge on any atom is -0.466 e. The molecule has 0 saturated carbocycles. The number of aromatic nitrogens is 3. The summed E-state index contributed by atoms with van der Waals surface area (Å²) in [4.78, 5) is 26.0. The number of hydrogen-bond acceptors (Lipinski definition) is 6. The van der Waals surface area contributed by atoms with Crippen LogP contribution in [0, 0.1) is 0 Å². The van der Waals surface area contributed by atoms with E-state index in [4.69, 9.17) is 38.1 Å². The van der Waals surface area contributed by atoms with E-state index in [2.05, 4.69) is 24.3 Å². The van der Waals surface area contributed by atoms with Crippen LogP contribution in [-0.4, -0.2) is 39.2 Å². The zero-order valence-corrected chi connectivity index (χ0v) is 24.1. The lowest BCUT2D eigenvalue weighted by atomic mass is 9.75. The van der Waals surface area contributed by atoms with Gasteiger partial charge in [-0.3, -0.25) is 9.36 Å². The molecule has 0 fully saturated rings. The van der Waals surface area contributed by atoms with Crippen LogP contribution in [-0.2, 0) is 34.5 Å². The van der Waals surface area contributed by atoms with Crippen molar-refractivity contribution in [3.05, 3.63) is 116 Å². The van der Waals surface area contributed by atoms with E-state index in [1.54, 1.807) is 19.1 Å². The van der Waals surface area contributed by atoms with Crippen molar-refractivity contribution in [1.29, 1.82) is 0 Å². The molecule has 2 heterocycles. The third kappa shape index (κ3) is 5.18. The van der Waals surface area contributed by atoms with E-state index in [9.17, 15) is 9.59 Å². The zero-order chi connectivity index (χ0) is 28.6. The number of halogens is 2. The van der Waals surface area contributed by atoms with Crippen molar-refractivity contribution in [1.82, 2.24) is 14.3 Å². The lowest BCUT2D eigenvalue weighted by Crippen LogP contribution is -2.37. The molecule has 0 saturated heterocycles. The van der Waals surface area contributed by atoms with Crippen molar-refractivity contribution < 1.29 is 9.53 Å². The molecule has 8 nitrogen and oxygen atoms in total. The Morgan fingerprint density at radius 1 is 1.00 bits per heavy atom. The predicted octanol–water partition coefficient (Wildman–Crippen LogP) is 5.46. The van der Waals surface area contributed by atoms with Crippen molar-refractivity contribution in [2.24, 2.45) is 5.10 Å². The van der Waals surface area contributed by atoms with Gasteiger partial charge in [-0.15, -0.1) is 5.10 Å². The second kappa shape index (κ2) is 11.2. The van der Waals surface area contributed by atoms with Crippen LogP contribution in [0.4, 0.5) is 5.95 Å². The molecule has 0 amide bonds. The maximum absolute atomic E-state index is 13.7. The number of anilines is 1. The molecule has 0 bridgehead atoms. The first-order chi connectivity index (χ1) is 19.9. The molecular weight excluding hydrogens is 561 g/mol. The molecular formula is C31H29Cl2N5O3. The summed E-state index contributed by atoms with van der Waals surface area (Å²) in [6.45, 7) is 2.93. The Morgan fingerprint density at radius 3 is 2.44 bits per heavy atom. The van der Waals surface area contributed by atoms with Gasteiger partial charge in [-0.2, -0.15) is 5.10 Å². The molecule has 1 aliphatic carbocycles. The largest absolute Gasteiger partial charge is 0.466 e. The van der Waals surface area contributed by atoms with Gasteiger partial charge in [-0.25, -0.2) is 14.5 Å². The van der Waals surface area contributed by atoms with Crippen LogP contribution < -0.4 is 10.7 Å². The van der Waals surface area contributed by atoms with Gasteiger partial charge in [-0.1, -0.05) is 71.7 Å². The summed E-state index contributed by atoms with van der Waals surface area (Å²) in [7, 11) is 0. The molecule has 41 heavy (non-hydrogen) atoms. The van der Waals surface area contributed by atoms with Crippen LogP contribution in [0.3, 0.4) is 0 Å². The number of hydrazone groups is 1. The number of carbonyl (C=O) groups excluding carboxylic acids is 1. The third-order valence-electron chi connectivity index (χ3n) is 7.79. The number of esters is 1. The van der Waals surface area contributed by atoms with Gasteiger partial charge in [0.1, 0.15) is 0 Å². The fourth-order valence-corrected chi connectivity index (χ4v) is 6.11. The second-order valence-corrected chi connectivity index (χ2v) is 11.2. The molecule has 0 radical (unpaired) electrons. The average molecular weight is 591 g/mol. The topological polar surface area (TPSA) is 81.7 Å². The normalized spacial score (nSPS) is 17.6. The molecule has 3 aromatic carbocycles. The molecule has 1 aliphatic heterocycles. The molecule has 1 atom stereocenters. The maximum atomic E-state index is 13.7. The van der Waals surface area contributed by atoms with Crippen LogP contribution in [0.25, 0.3) is 0 Å². The number of benzene rings is 3. The summed E-state index contributed by atoms with van der Waals surface area (Å²) in [5.41, 5.74) is 4.58. The van der Waals surface area contributed by atoms with E-state index < -0.39 is 0 Å². The minimum atomic E-state index is -0.383. The highest BCUT2D eigenvalue weighted by molar-refractivity contribution is 6.31. The molecule has 1 spiro atoms. The summed E-state index contributed by atoms with van der Waals surface area (Å²) in [6, 6.07) is 23.5. The Balaban J connectivity index is 1.44. The number of hydrogen-bond donors (Lipinski definition) is 0. The molecule has 0 N–H and O–H groups in total. The first-order valence-corrected chi connectivity index (χ1v) is 14.4. The number of aryl methyl sites for hydroxylation is 1. The van der Waals surface area contributed by atoms with Gasteiger partial charge in [0.05, 0.1) is 37.2 Å². The summed E-state index contributed by atoms with van der Waals surface area (Å²) in [6.07, 6.45) is 1.85. The number of ether oxygens (including phenoxy) is 1. The van der Waals surface area contributed by atoms with Gasteiger partial charge in [-0.05, 0) is 66.3 Å². The number of nitrogens with zero attached hydrogens (tertiary/aromatic N) is 5. The van der Waals surface area contributed by atoms with Gasteiger partial charge in [0.25, 0.3) is 0 Å². The van der Waals surface area contributed by atoms with Crippen LogP contribution in [0.15, 0.2) is 82.7 Å². The van der Waals surface area contributed by atoms with Crippen LogP contribution in [0.5, 0.6) is 0 Å². The quantitative estimate of drug-likeness (QED) is 0.255. The lowest BCUT2D eigenvalue weighted by Gasteiger charge is -2.27. The fraction of sp³-hybridized carbons (Fsp3) is 0.290. The Hall–Kier alpha value is -3.88. The van der Waals surface area contributed by atoms with E-state index >= 15 is 0 Å². The fourth-order valence-electron chi connectivity index (χ4n) is 5.86. The van der Waals surface area contributed by atoms with Crippen LogP contribution in [0.1, 0.15) is 42.0 Å². The predicted molar refractivity (Wildman–Crippen MR) is 160 cm³/mol. The van der Waals surface area contributed by atoms with Gasteiger partial charge in [0, 0.05) is 16.6 Å². The molecule has 0 unspecified atom stereocenters. The molecule has 4 aromatic rings. The number of rotatable bonds is 8. The van der Waals surface area contributed by atoms with Gasteiger partial charge >= 0.3 is 11.7 Å². The molecule has 210 valence electrons. The standard InChI is InChI=1S/C31H29Cl2N5O3/c1-2-41-27(39)16-18-36-29(35-37(30(36)40)19-21-7-11-24(32)12-8-21)38-20-31(17-15-22-5-3-4-6-26(22)31)28(34-38)23-9-13-25(33)14-10-23/h3-14H,2,15-20H2,1H3/t31-/m0/s1. The van der Waals surface area contributed by atoms with Gasteiger partial charge in [0.15, 0.2) is 0 Å². The SMILES string of the molecule is CCOC(=O)CCn1c(N2C[C@]3(CCc4ccccc43)C(c3ccc(Cl)cc3)=N2)nn(Cc2ccc(Cl)cc2)c1=O. The number of carbonyl (C=O) groups is 1. The highest BCUT2D eigenvalue weighted by Gasteiger charge is 2.49. The monoisotopic (exact) mass is 589 g/mol. The summed E-state index contributed by atoms with van der Waals surface area (Å²) in [5, 5.41) is 13.0. The van der Waals surface area contributed by atoms with Crippen molar-refractivity contribution in [3.63, 3.8) is 0 Å². The first-order valence-electron chi connectivity index (χ1n) is 13.7. The van der Waals surface area contributed by atoms with E-state index in [0.717, 1.165) is 29.7 Å². The highest BCUT2D eigenvalue weighted by atomic mass is 35.5. The Labute approximate surface area is 247 Å². The second-order valence-electron chi connectivity index (χ2n) is 10.3. The zero-order valence-electron chi connectivity index (χ0n) is 22.6. The van der Waals surface area contributed by atoms with Crippen molar-refractivity contribution in [3.8, 4) is 0 Å². The van der Waals surface area contributed by atoms with Crippen molar-refractivity contribution in [2.75, 3.05) is 18.2 Å². The Morgan fingerprint density at radius 2 is 1.71 bits per heavy atom. The smallest absolute Gasteiger partial charge is 0.347 e. The van der Waals surface area contributed by atoms with Crippen molar-refractivity contribution in [2.45, 2.75) is 44.7 Å². The summed E-state index contributed by atoms with van der Waals surface area (Å²) < 4.78 is 8.07. The van der Waals surface area contributed by atoms with E-state index in [1.165, 1.54) is 20.4 Å². The van der Waals surface area contributed by atoms with Crippen LogP contribution in [0.2, 0.25) is 10.0 Å². The van der Waals surface area contributed by atoms with E-state index in [1.807, 2.05) is 41.4 Å². The lowest BCUT2D eigenvalue weighted by molar-refractivity contribution is -0.143. The molecule has 6 rings (SSSR count). The third-order valence-corrected chi connectivity index (χ3v) is 8.29. The Kier molecular flexibility index (Phi) is 7.45. The van der Waals surface area contributed by atoms with Crippen molar-refractivity contribution >= 4 is 40.8 Å². The van der Waals surface area contributed by atoms with Gasteiger partial charge < -0.3 is 4.74 Å². The molecule has 1 aromatic heterocycles. The molecule has 2 aliphatic rings. The maximum Gasteiger partial charge on any atom is 0.347 e. The summed E-state index contributed by atoms with van der Waals surface area (Å²) in [5.74, 6) is 0.0183. The van der Waals surface area contributed by atoms with E-state index in [0.29, 0.717) is 22.5 Å². The van der Waals surface area contributed by atoms with Gasteiger partial charge in [0.2, 0.25) is 5.95 Å². The highest BCUT2D eigenvalue weighted by Crippen LogP contribution is 2.46. The first kappa shape index (κ1) is 27.3. The average Bonchev–Trinajstić information content (AvgIpc) is 3.64. The number of fused-ring (bicyclic) bond motifs is 2. The minimum absolute atomic E-state index is 0.0446.